The summed E-state index contributed by atoms with van der Waals surface area (Å²) in [5.41, 5.74) is 0. The first kappa shape index (κ1) is 12.2. The molecule has 2 aliphatic heterocycles. The van der Waals surface area contributed by atoms with Gasteiger partial charge in [0, 0.05) is 0 Å². The van der Waals surface area contributed by atoms with Crippen molar-refractivity contribution < 1.29 is 29.3 Å². The Bertz CT molecular complexity index is 260. The molecule has 0 unspecified atom stereocenters. The van der Waals surface area contributed by atoms with Crippen molar-refractivity contribution in [3.63, 3.8) is 0 Å². The fourth-order valence-corrected chi connectivity index (χ4v) is 2.07. The van der Waals surface area contributed by atoms with Crippen molar-refractivity contribution in [2.24, 2.45) is 5.90 Å². The smallest absolute Gasteiger partial charge is 0.190 e. The van der Waals surface area contributed by atoms with Crippen molar-refractivity contribution >= 4 is 0 Å². The molecule has 5 atom stereocenters. The quantitative estimate of drug-likeness (QED) is 0.499. The van der Waals surface area contributed by atoms with Gasteiger partial charge in [-0.05, 0) is 13.8 Å². The van der Waals surface area contributed by atoms with E-state index in [1.165, 1.54) is 0 Å². The fourth-order valence-electron chi connectivity index (χ4n) is 2.07. The van der Waals surface area contributed by atoms with Crippen LogP contribution in [0.2, 0.25) is 0 Å². The topological polar surface area (TPSA) is 103 Å². The molecule has 0 amide bonds. The highest BCUT2D eigenvalue weighted by molar-refractivity contribution is 4.94. The van der Waals surface area contributed by atoms with Crippen LogP contribution in [0.15, 0.2) is 0 Å². The van der Waals surface area contributed by atoms with E-state index in [4.69, 9.17) is 25.2 Å². The van der Waals surface area contributed by atoms with Gasteiger partial charge in [0.1, 0.15) is 24.4 Å². The highest BCUT2D eigenvalue weighted by atomic mass is 16.8. The molecule has 0 aliphatic carbocycles. The lowest BCUT2D eigenvalue weighted by Gasteiger charge is -2.38. The van der Waals surface area contributed by atoms with Gasteiger partial charge in [-0.15, -0.1) is 0 Å². The molecule has 94 valence electrons. The van der Waals surface area contributed by atoms with Crippen LogP contribution in [0.25, 0.3) is 0 Å². The Balaban J connectivity index is 2.15. The Labute approximate surface area is 93.0 Å². The first-order valence-corrected chi connectivity index (χ1v) is 5.14. The Morgan fingerprint density at radius 3 is 2.62 bits per heavy atom. The Kier molecular flexibility index (Phi) is 3.19. The zero-order valence-corrected chi connectivity index (χ0v) is 9.20. The van der Waals surface area contributed by atoms with Crippen LogP contribution in [0.3, 0.4) is 0 Å². The summed E-state index contributed by atoms with van der Waals surface area (Å²) in [5, 5.41) is 19.1. The average Bonchev–Trinajstić information content (AvgIpc) is 2.53. The maximum Gasteiger partial charge on any atom is 0.190 e. The van der Waals surface area contributed by atoms with Gasteiger partial charge in [-0.25, -0.2) is 5.90 Å². The number of hydrogen-bond donors (Lipinski definition) is 3. The van der Waals surface area contributed by atoms with E-state index in [0.717, 1.165) is 0 Å². The lowest BCUT2D eigenvalue weighted by molar-refractivity contribution is -0.266. The van der Waals surface area contributed by atoms with Crippen LogP contribution in [0.4, 0.5) is 0 Å². The van der Waals surface area contributed by atoms with Gasteiger partial charge in [0.25, 0.3) is 0 Å². The number of aliphatic hydroxyl groups is 2. The highest BCUT2D eigenvalue weighted by Crippen LogP contribution is 2.36. The van der Waals surface area contributed by atoms with E-state index in [2.05, 4.69) is 4.84 Å². The van der Waals surface area contributed by atoms with Crippen LogP contribution >= 0.6 is 0 Å². The van der Waals surface area contributed by atoms with E-state index in [1.807, 2.05) is 0 Å². The van der Waals surface area contributed by atoms with Crippen molar-refractivity contribution in [2.75, 3.05) is 6.61 Å². The Morgan fingerprint density at radius 1 is 1.38 bits per heavy atom. The number of nitrogens with two attached hydrogens (primary N) is 1. The normalized spacial score (nSPS) is 46.7. The third-order valence-electron chi connectivity index (χ3n) is 2.77. The number of aliphatic hydroxyl groups excluding tert-OH is 2. The molecule has 7 nitrogen and oxygen atoms in total. The molecular formula is C9H17NO6. The van der Waals surface area contributed by atoms with Gasteiger partial charge >= 0.3 is 0 Å². The fraction of sp³-hybridized carbons (Fsp3) is 1.00. The Morgan fingerprint density at radius 2 is 2.06 bits per heavy atom. The molecule has 0 saturated carbocycles. The van der Waals surface area contributed by atoms with E-state index in [0.29, 0.717) is 0 Å². The monoisotopic (exact) mass is 235 g/mol. The molecule has 16 heavy (non-hydrogen) atoms. The van der Waals surface area contributed by atoms with Gasteiger partial charge in [-0.3, -0.25) is 4.84 Å². The van der Waals surface area contributed by atoms with E-state index in [9.17, 15) is 5.11 Å². The van der Waals surface area contributed by atoms with Crippen LogP contribution in [-0.4, -0.2) is 53.3 Å². The van der Waals surface area contributed by atoms with Crippen LogP contribution in [-0.2, 0) is 19.0 Å². The van der Waals surface area contributed by atoms with Crippen LogP contribution in [0.1, 0.15) is 13.8 Å². The van der Waals surface area contributed by atoms with Gasteiger partial charge in [0.2, 0.25) is 0 Å². The van der Waals surface area contributed by atoms with Crippen molar-refractivity contribution in [3.05, 3.63) is 0 Å². The predicted octanol–water partition coefficient (Wildman–Crippen LogP) is -1.53. The molecule has 2 rings (SSSR count). The van der Waals surface area contributed by atoms with Crippen molar-refractivity contribution in [1.82, 2.24) is 0 Å². The number of ether oxygens (including phenoxy) is 3. The maximum atomic E-state index is 9.97. The molecule has 0 radical (unpaired) electrons. The van der Waals surface area contributed by atoms with Crippen molar-refractivity contribution in [2.45, 2.75) is 50.3 Å². The first-order valence-electron chi connectivity index (χ1n) is 5.14. The average molecular weight is 235 g/mol. The second-order valence-electron chi connectivity index (χ2n) is 4.42. The summed E-state index contributed by atoms with van der Waals surface area (Å²) in [4.78, 5) is 4.61. The molecule has 4 N–H and O–H groups in total. The molecule has 0 bridgehead atoms. The van der Waals surface area contributed by atoms with Crippen LogP contribution < -0.4 is 5.90 Å². The van der Waals surface area contributed by atoms with Gasteiger partial charge in [0.15, 0.2) is 12.1 Å². The summed E-state index contributed by atoms with van der Waals surface area (Å²) < 4.78 is 16.3. The summed E-state index contributed by atoms with van der Waals surface area (Å²) in [7, 11) is 0. The largest absolute Gasteiger partial charge is 0.394 e. The maximum absolute atomic E-state index is 9.97. The van der Waals surface area contributed by atoms with Gasteiger partial charge in [-0.2, -0.15) is 0 Å². The molecule has 0 aromatic heterocycles. The molecule has 0 aromatic carbocycles. The molecule has 7 heteroatoms. The van der Waals surface area contributed by atoms with E-state index < -0.39 is 36.5 Å². The molecule has 2 saturated heterocycles. The third kappa shape index (κ3) is 1.95. The summed E-state index contributed by atoms with van der Waals surface area (Å²) in [6, 6.07) is 0. The molecule has 2 heterocycles. The second-order valence-corrected chi connectivity index (χ2v) is 4.42. The summed E-state index contributed by atoms with van der Waals surface area (Å²) >= 11 is 0. The third-order valence-corrected chi connectivity index (χ3v) is 2.77. The van der Waals surface area contributed by atoms with Gasteiger partial charge in [-0.1, -0.05) is 0 Å². The minimum absolute atomic E-state index is 0.314. The molecule has 0 aromatic rings. The highest BCUT2D eigenvalue weighted by Gasteiger charge is 2.54. The van der Waals surface area contributed by atoms with E-state index in [-0.39, 0.29) is 6.61 Å². The first-order chi connectivity index (χ1) is 7.48. The lowest BCUT2D eigenvalue weighted by atomic mass is 9.99. The SMILES string of the molecule is CC1(C)O[C@H]2O[C@H](CO)[C@@H](ON)[C@H](O)[C@H]2O1. The van der Waals surface area contributed by atoms with E-state index in [1.54, 1.807) is 13.8 Å². The predicted molar refractivity (Wildman–Crippen MR) is 50.9 cm³/mol. The van der Waals surface area contributed by atoms with Crippen molar-refractivity contribution in [1.29, 1.82) is 0 Å². The number of hydrogen-bond acceptors (Lipinski definition) is 7. The summed E-state index contributed by atoms with van der Waals surface area (Å²) in [5.74, 6) is 4.23. The minimum atomic E-state index is -0.998. The van der Waals surface area contributed by atoms with Crippen LogP contribution in [0.5, 0.6) is 0 Å². The standard InChI is InChI=1S/C9H17NO6/c1-9(2)14-7-5(12)6(16-10)4(3-11)13-8(7)15-9/h4-8,11-12H,3,10H2,1-2H3/t4-,5+,6-,7-,8-/m1/s1. The van der Waals surface area contributed by atoms with E-state index >= 15 is 0 Å². The zero-order chi connectivity index (χ0) is 11.9. The Hall–Kier alpha value is -0.280. The second kappa shape index (κ2) is 4.19. The number of fused-ring (bicyclic) bond motifs is 1. The molecule has 2 aliphatic rings. The summed E-state index contributed by atoms with van der Waals surface area (Å²) in [6.07, 6.45) is -3.93. The summed E-state index contributed by atoms with van der Waals surface area (Å²) in [6.45, 7) is 3.12. The van der Waals surface area contributed by atoms with Gasteiger partial charge < -0.3 is 24.4 Å². The minimum Gasteiger partial charge on any atom is -0.394 e. The molecule has 0 spiro atoms. The lowest BCUT2D eigenvalue weighted by Crippen LogP contribution is -2.59. The number of rotatable bonds is 2. The van der Waals surface area contributed by atoms with Crippen LogP contribution in [0, 0.1) is 0 Å². The van der Waals surface area contributed by atoms with Gasteiger partial charge in [0.05, 0.1) is 6.61 Å². The molecular weight excluding hydrogens is 218 g/mol. The zero-order valence-electron chi connectivity index (χ0n) is 9.20. The molecule has 2 fully saturated rings. The van der Waals surface area contributed by atoms with Crippen molar-refractivity contribution in [3.8, 4) is 0 Å².